The first-order chi connectivity index (χ1) is 21.6. The zero-order valence-corrected chi connectivity index (χ0v) is 29.2. The molecule has 8 heteroatoms. The predicted octanol–water partition coefficient (Wildman–Crippen LogP) is 10.3. The summed E-state index contributed by atoms with van der Waals surface area (Å²) in [5.41, 5.74) is 0. The zero-order chi connectivity index (χ0) is 31.8. The smallest absolute Gasteiger partial charge is 0.330 e. The van der Waals surface area contributed by atoms with Crippen molar-refractivity contribution in [3.8, 4) is 0 Å². The van der Waals surface area contributed by atoms with Gasteiger partial charge in [0.25, 0.3) is 0 Å². The van der Waals surface area contributed by atoms with Crippen LogP contribution in [0.5, 0.6) is 0 Å². The summed E-state index contributed by atoms with van der Waals surface area (Å²) in [5.74, 6) is 0. The molecule has 0 radical (unpaired) electrons. The highest BCUT2D eigenvalue weighted by molar-refractivity contribution is 7.52. The van der Waals surface area contributed by atoms with Crippen LogP contribution >= 0.6 is 7.60 Å². The lowest BCUT2D eigenvalue weighted by Crippen LogP contribution is -2.42. The Morgan fingerprint density at radius 2 is 0.795 bits per heavy atom. The fraction of sp³-hybridized carbons (Fsp3) is 0.944. The van der Waals surface area contributed by atoms with E-state index < -0.39 is 7.60 Å². The minimum atomic E-state index is -3.58. The zero-order valence-electron chi connectivity index (χ0n) is 28.3. The molecule has 1 N–H and O–H groups in total. The van der Waals surface area contributed by atoms with Crippen LogP contribution in [-0.2, 0) is 28.2 Å². The number of aldehydes is 2. The van der Waals surface area contributed by atoms with Crippen molar-refractivity contribution in [2.45, 2.75) is 192 Å². The van der Waals surface area contributed by atoms with E-state index in [-0.39, 0.29) is 25.0 Å². The minimum absolute atomic E-state index is 0.0244. The highest BCUT2D eigenvalue weighted by atomic mass is 31.2. The predicted molar refractivity (Wildman–Crippen MR) is 182 cm³/mol. The van der Waals surface area contributed by atoms with E-state index in [1.54, 1.807) is 0 Å². The summed E-state index contributed by atoms with van der Waals surface area (Å²) < 4.78 is 29.5. The summed E-state index contributed by atoms with van der Waals surface area (Å²) >= 11 is 0. The average molecular weight is 645 g/mol. The van der Waals surface area contributed by atoms with Crippen LogP contribution in [0.3, 0.4) is 0 Å². The number of hydrogen-bond donors (Lipinski definition) is 1. The van der Waals surface area contributed by atoms with Gasteiger partial charge in [0.15, 0.2) is 0 Å². The standard InChI is InChI=1S/C36H69O7P/c37-29-25-21-17-13-9-5-1-3-7-11-15-19-23-27-31-41-35-33-43-44(39,40)34-36(35)42-32-28-24-20-16-12-8-4-2-6-10-14-18-22-26-30-38/h29-30,35-36H,1-28,31-34H2,(H,39,40)/t35-,36+/m1/s1. The van der Waals surface area contributed by atoms with Crippen molar-refractivity contribution in [3.05, 3.63) is 0 Å². The van der Waals surface area contributed by atoms with Crippen molar-refractivity contribution in [3.63, 3.8) is 0 Å². The second-order valence-corrected chi connectivity index (χ2v) is 14.9. The van der Waals surface area contributed by atoms with Gasteiger partial charge >= 0.3 is 7.60 Å². The number of ether oxygens (including phenoxy) is 2. The van der Waals surface area contributed by atoms with Crippen molar-refractivity contribution < 1.29 is 33.0 Å². The Bertz CT molecular complexity index is 689. The molecule has 1 fully saturated rings. The minimum Gasteiger partial charge on any atom is -0.375 e. The van der Waals surface area contributed by atoms with Gasteiger partial charge in [0, 0.05) is 26.1 Å². The monoisotopic (exact) mass is 644 g/mol. The molecular weight excluding hydrogens is 575 g/mol. The van der Waals surface area contributed by atoms with Crippen LogP contribution in [0.1, 0.15) is 180 Å². The van der Waals surface area contributed by atoms with Gasteiger partial charge in [-0.2, -0.15) is 0 Å². The molecule has 1 aliphatic rings. The molecule has 0 bridgehead atoms. The van der Waals surface area contributed by atoms with Gasteiger partial charge in [-0.05, 0) is 25.7 Å². The maximum absolute atomic E-state index is 12.2. The fourth-order valence-electron chi connectivity index (χ4n) is 6.03. The molecule has 7 nitrogen and oxygen atoms in total. The molecule has 0 saturated carbocycles. The first-order valence-corrected chi connectivity index (χ1v) is 20.4. The molecule has 0 amide bonds. The first kappa shape index (κ1) is 41.4. The highest BCUT2D eigenvalue weighted by Crippen LogP contribution is 2.47. The summed E-state index contributed by atoms with van der Waals surface area (Å²) in [6.45, 7) is 1.40. The Morgan fingerprint density at radius 3 is 1.14 bits per heavy atom. The van der Waals surface area contributed by atoms with E-state index in [1.807, 2.05) is 0 Å². The van der Waals surface area contributed by atoms with Crippen LogP contribution in [0.2, 0.25) is 0 Å². The summed E-state index contributed by atoms with van der Waals surface area (Å²) in [4.78, 5) is 30.6. The SMILES string of the molecule is O=CCCCCCCCCCCCCCCCO[C@H]1CP(=O)(O)OC[C@H]1OCCCCCCCCCCCCCCCC=O. The van der Waals surface area contributed by atoms with E-state index >= 15 is 0 Å². The van der Waals surface area contributed by atoms with Gasteiger partial charge in [-0.3, -0.25) is 4.57 Å². The second-order valence-electron chi connectivity index (χ2n) is 13.0. The Balaban J connectivity index is 1.96. The van der Waals surface area contributed by atoms with Crippen LogP contribution in [0, 0.1) is 0 Å². The fourth-order valence-corrected chi connectivity index (χ4v) is 7.31. The van der Waals surface area contributed by atoms with Crippen LogP contribution in [0.25, 0.3) is 0 Å². The molecular formula is C36H69O7P. The van der Waals surface area contributed by atoms with E-state index in [0.717, 1.165) is 63.9 Å². The van der Waals surface area contributed by atoms with Gasteiger partial charge < -0.3 is 28.5 Å². The lowest BCUT2D eigenvalue weighted by Gasteiger charge is -2.33. The van der Waals surface area contributed by atoms with Crippen LogP contribution < -0.4 is 0 Å². The maximum atomic E-state index is 12.2. The Hall–Kier alpha value is -0.590. The van der Waals surface area contributed by atoms with Crippen molar-refractivity contribution in [1.82, 2.24) is 0 Å². The molecule has 1 saturated heterocycles. The van der Waals surface area contributed by atoms with Gasteiger partial charge in [0.05, 0.1) is 18.9 Å². The third-order valence-corrected chi connectivity index (χ3v) is 10.2. The van der Waals surface area contributed by atoms with Crippen LogP contribution in [0.4, 0.5) is 0 Å². The van der Waals surface area contributed by atoms with Crippen molar-refractivity contribution in [2.75, 3.05) is 26.0 Å². The van der Waals surface area contributed by atoms with E-state index in [9.17, 15) is 19.0 Å². The summed E-state index contributed by atoms with van der Waals surface area (Å²) in [5, 5.41) is 0. The third-order valence-electron chi connectivity index (χ3n) is 8.86. The Labute approximate surface area is 270 Å². The molecule has 0 spiro atoms. The largest absolute Gasteiger partial charge is 0.375 e. The average Bonchev–Trinajstić information content (AvgIpc) is 3.01. The number of carbonyl (C=O) groups excluding carboxylic acids is 2. The third kappa shape index (κ3) is 26.6. The van der Waals surface area contributed by atoms with Gasteiger partial charge in [0.1, 0.15) is 18.7 Å². The molecule has 1 unspecified atom stereocenters. The summed E-state index contributed by atoms with van der Waals surface area (Å²) in [7, 11) is -3.58. The van der Waals surface area contributed by atoms with Gasteiger partial charge in [-0.1, -0.05) is 141 Å². The van der Waals surface area contributed by atoms with Gasteiger partial charge in [-0.25, -0.2) is 0 Å². The van der Waals surface area contributed by atoms with Crippen LogP contribution in [-0.4, -0.2) is 55.7 Å². The van der Waals surface area contributed by atoms with E-state index in [0.29, 0.717) is 13.2 Å². The number of rotatable bonds is 34. The highest BCUT2D eigenvalue weighted by Gasteiger charge is 2.38. The molecule has 0 aromatic heterocycles. The van der Waals surface area contributed by atoms with Gasteiger partial charge in [-0.15, -0.1) is 0 Å². The topological polar surface area (TPSA) is 99.1 Å². The molecule has 0 aromatic carbocycles. The van der Waals surface area contributed by atoms with Crippen LogP contribution in [0.15, 0.2) is 0 Å². The first-order valence-electron chi connectivity index (χ1n) is 18.7. The van der Waals surface area contributed by atoms with Crippen molar-refractivity contribution in [2.24, 2.45) is 0 Å². The maximum Gasteiger partial charge on any atom is 0.330 e. The molecule has 0 aromatic rings. The van der Waals surface area contributed by atoms with Crippen molar-refractivity contribution in [1.29, 1.82) is 0 Å². The summed E-state index contributed by atoms with van der Waals surface area (Å²) in [6.07, 6.45) is 35.0. The number of unbranched alkanes of at least 4 members (excludes halogenated alkanes) is 26. The van der Waals surface area contributed by atoms with E-state index in [1.165, 1.54) is 128 Å². The van der Waals surface area contributed by atoms with E-state index in [2.05, 4.69) is 0 Å². The molecule has 1 heterocycles. The normalized spacial score (nSPS) is 20.2. The van der Waals surface area contributed by atoms with E-state index in [4.69, 9.17) is 14.0 Å². The lowest BCUT2D eigenvalue weighted by molar-refractivity contribution is -0.108. The summed E-state index contributed by atoms with van der Waals surface area (Å²) in [6, 6.07) is 0. The molecule has 3 atom stereocenters. The molecule has 1 aliphatic heterocycles. The Kier molecular flexibility index (Phi) is 29.2. The van der Waals surface area contributed by atoms with Gasteiger partial charge in [0.2, 0.25) is 0 Å². The number of carbonyl (C=O) groups is 2. The molecule has 0 aliphatic carbocycles. The second kappa shape index (κ2) is 31.0. The quantitative estimate of drug-likeness (QED) is 0.0423. The lowest BCUT2D eigenvalue weighted by atomic mass is 10.0. The molecule has 1 rings (SSSR count). The van der Waals surface area contributed by atoms with Crippen molar-refractivity contribution >= 4 is 20.2 Å². The number of hydrogen-bond acceptors (Lipinski definition) is 6. The molecule has 260 valence electrons. The molecule has 44 heavy (non-hydrogen) atoms. The Morgan fingerprint density at radius 1 is 0.500 bits per heavy atom.